The molecular formula is C16H22N2O5S. The van der Waals surface area contributed by atoms with Crippen molar-refractivity contribution < 1.29 is 22.7 Å². The van der Waals surface area contributed by atoms with E-state index in [1.165, 1.54) is 10.4 Å². The van der Waals surface area contributed by atoms with Gasteiger partial charge in [-0.1, -0.05) is 0 Å². The molecule has 2 aliphatic heterocycles. The van der Waals surface area contributed by atoms with Crippen LogP contribution in [0.25, 0.3) is 0 Å². The molecule has 3 rings (SSSR count). The Morgan fingerprint density at radius 2 is 2.25 bits per heavy atom. The highest BCUT2D eigenvalue weighted by molar-refractivity contribution is 7.89. The van der Waals surface area contributed by atoms with Crippen molar-refractivity contribution in [3.8, 4) is 5.75 Å². The minimum atomic E-state index is -3.58. The lowest BCUT2D eigenvalue weighted by Crippen LogP contribution is -2.45. The Labute approximate surface area is 141 Å². The average Bonchev–Trinajstić information content (AvgIpc) is 2.98. The Morgan fingerprint density at radius 1 is 1.46 bits per heavy atom. The van der Waals surface area contributed by atoms with Crippen molar-refractivity contribution in [2.45, 2.75) is 43.2 Å². The third-order valence-electron chi connectivity index (χ3n) is 4.31. The molecule has 0 bridgehead atoms. The van der Waals surface area contributed by atoms with Crippen LogP contribution in [0, 0.1) is 0 Å². The minimum Gasteiger partial charge on any atom is -0.478 e. The summed E-state index contributed by atoms with van der Waals surface area (Å²) in [6, 6.07) is 4.58. The Morgan fingerprint density at radius 3 is 2.96 bits per heavy atom. The number of nitrogens with zero attached hydrogens (tertiary/aromatic N) is 1. The van der Waals surface area contributed by atoms with Crippen LogP contribution in [-0.4, -0.2) is 50.5 Å². The van der Waals surface area contributed by atoms with Gasteiger partial charge in [-0.15, -0.1) is 0 Å². The maximum Gasteiger partial charge on any atom is 0.347 e. The third-order valence-corrected chi connectivity index (χ3v) is 6.18. The molecule has 1 fully saturated rings. The van der Waals surface area contributed by atoms with E-state index in [4.69, 9.17) is 15.2 Å². The molecule has 0 saturated carbocycles. The van der Waals surface area contributed by atoms with Crippen LogP contribution in [0.1, 0.15) is 25.3 Å². The normalized spacial score (nSPS) is 24.2. The molecule has 1 saturated heterocycles. The maximum atomic E-state index is 12.8. The first-order valence-electron chi connectivity index (χ1n) is 8.13. The van der Waals surface area contributed by atoms with Crippen LogP contribution >= 0.6 is 0 Å². The lowest BCUT2D eigenvalue weighted by Gasteiger charge is -2.29. The lowest BCUT2D eigenvalue weighted by molar-refractivity contribution is -0.150. The molecule has 8 heteroatoms. The summed E-state index contributed by atoms with van der Waals surface area (Å²) in [5.41, 5.74) is 6.60. The molecule has 2 aliphatic rings. The smallest absolute Gasteiger partial charge is 0.347 e. The van der Waals surface area contributed by atoms with E-state index < -0.39 is 22.1 Å². The van der Waals surface area contributed by atoms with Crippen molar-refractivity contribution >= 4 is 16.0 Å². The van der Waals surface area contributed by atoms with Crippen molar-refractivity contribution in [2.75, 3.05) is 19.7 Å². The van der Waals surface area contributed by atoms with Crippen molar-refractivity contribution in [1.29, 1.82) is 0 Å². The second kappa shape index (κ2) is 6.70. The van der Waals surface area contributed by atoms with Crippen LogP contribution in [-0.2, 0) is 26.0 Å². The average molecular weight is 354 g/mol. The summed E-state index contributed by atoms with van der Waals surface area (Å²) in [5.74, 6) is 0.0995. The zero-order valence-corrected chi connectivity index (χ0v) is 14.4. The predicted molar refractivity (Wildman–Crippen MR) is 87.2 cm³/mol. The first-order chi connectivity index (χ1) is 11.4. The Hall–Kier alpha value is -1.64. The summed E-state index contributed by atoms with van der Waals surface area (Å²) in [7, 11) is -3.58. The van der Waals surface area contributed by atoms with Crippen molar-refractivity contribution in [2.24, 2.45) is 5.73 Å². The Kier molecular flexibility index (Phi) is 4.80. The highest BCUT2D eigenvalue weighted by atomic mass is 32.2. The van der Waals surface area contributed by atoms with Crippen molar-refractivity contribution in [3.05, 3.63) is 23.8 Å². The summed E-state index contributed by atoms with van der Waals surface area (Å²) < 4.78 is 37.5. The Balaban J connectivity index is 1.80. The number of sulfonamides is 1. The largest absolute Gasteiger partial charge is 0.478 e. The fraction of sp³-hybridized carbons (Fsp3) is 0.562. The summed E-state index contributed by atoms with van der Waals surface area (Å²) in [4.78, 5) is 12.0. The van der Waals surface area contributed by atoms with Crippen LogP contribution in [0.4, 0.5) is 0 Å². The maximum absolute atomic E-state index is 12.8. The number of benzene rings is 1. The SMILES string of the molecule is CCOC(=O)C1Cc2cc(S(=O)(=O)N3CCCC(N)C3)ccc2O1. The lowest BCUT2D eigenvalue weighted by atomic mass is 10.1. The molecule has 24 heavy (non-hydrogen) atoms. The summed E-state index contributed by atoms with van der Waals surface area (Å²) >= 11 is 0. The first-order valence-corrected chi connectivity index (χ1v) is 9.57. The highest BCUT2D eigenvalue weighted by Gasteiger charge is 2.33. The topological polar surface area (TPSA) is 98.9 Å². The number of carbonyl (C=O) groups excluding carboxylic acids is 1. The van der Waals surface area contributed by atoms with Gasteiger partial charge in [0.15, 0.2) is 6.10 Å². The van der Waals surface area contributed by atoms with Crippen LogP contribution in [0.3, 0.4) is 0 Å². The third kappa shape index (κ3) is 3.26. The van der Waals surface area contributed by atoms with Gasteiger partial charge in [0.05, 0.1) is 11.5 Å². The molecular weight excluding hydrogens is 332 g/mol. The molecule has 2 atom stereocenters. The molecule has 0 aromatic heterocycles. The number of hydrogen-bond donors (Lipinski definition) is 1. The fourth-order valence-corrected chi connectivity index (χ4v) is 4.68. The zero-order chi connectivity index (χ0) is 17.3. The molecule has 2 N–H and O–H groups in total. The van der Waals surface area contributed by atoms with E-state index in [1.807, 2.05) is 0 Å². The van der Waals surface area contributed by atoms with Crippen molar-refractivity contribution in [3.63, 3.8) is 0 Å². The molecule has 7 nitrogen and oxygen atoms in total. The van der Waals surface area contributed by atoms with Gasteiger partial charge >= 0.3 is 5.97 Å². The van der Waals surface area contributed by atoms with Gasteiger partial charge in [0, 0.05) is 25.6 Å². The van der Waals surface area contributed by atoms with E-state index >= 15 is 0 Å². The standard InChI is InChI=1S/C16H22N2O5S/c1-2-22-16(19)15-9-11-8-13(5-6-14(11)23-15)24(20,21)18-7-3-4-12(17)10-18/h5-6,8,12,15H,2-4,7,9-10,17H2,1H3. The fourth-order valence-electron chi connectivity index (χ4n) is 3.09. The quantitative estimate of drug-likeness (QED) is 0.798. The molecule has 2 heterocycles. The summed E-state index contributed by atoms with van der Waals surface area (Å²) in [6.45, 7) is 2.83. The van der Waals surface area contributed by atoms with Gasteiger partial charge in [-0.2, -0.15) is 4.31 Å². The second-order valence-corrected chi connectivity index (χ2v) is 8.04. The number of fused-ring (bicyclic) bond motifs is 1. The van der Waals surface area contributed by atoms with Gasteiger partial charge < -0.3 is 15.2 Å². The van der Waals surface area contributed by atoms with E-state index in [-0.39, 0.29) is 17.5 Å². The summed E-state index contributed by atoms with van der Waals surface area (Å²) in [6.07, 6.45) is 1.21. The van der Waals surface area contributed by atoms with Gasteiger partial charge in [0.2, 0.25) is 10.0 Å². The van der Waals surface area contributed by atoms with E-state index in [1.54, 1.807) is 19.1 Å². The number of hydrogen-bond acceptors (Lipinski definition) is 6. The van der Waals surface area contributed by atoms with Gasteiger partial charge in [-0.3, -0.25) is 0 Å². The van der Waals surface area contributed by atoms with Gasteiger partial charge in [0.25, 0.3) is 0 Å². The number of ether oxygens (including phenoxy) is 2. The van der Waals surface area contributed by atoms with Gasteiger partial charge in [0.1, 0.15) is 5.75 Å². The van der Waals surface area contributed by atoms with E-state index in [2.05, 4.69) is 0 Å². The highest BCUT2D eigenvalue weighted by Crippen LogP contribution is 2.32. The van der Waals surface area contributed by atoms with Crippen LogP contribution in [0.5, 0.6) is 5.75 Å². The zero-order valence-electron chi connectivity index (χ0n) is 13.6. The number of esters is 1. The number of piperidine rings is 1. The molecule has 0 spiro atoms. The van der Waals surface area contributed by atoms with E-state index in [0.717, 1.165) is 12.8 Å². The van der Waals surface area contributed by atoms with Crippen LogP contribution < -0.4 is 10.5 Å². The molecule has 1 aromatic carbocycles. The van der Waals surface area contributed by atoms with Crippen LogP contribution in [0.15, 0.2) is 23.1 Å². The van der Waals surface area contributed by atoms with Crippen LogP contribution in [0.2, 0.25) is 0 Å². The molecule has 0 amide bonds. The molecule has 0 radical (unpaired) electrons. The molecule has 1 aromatic rings. The molecule has 0 aliphatic carbocycles. The van der Waals surface area contributed by atoms with E-state index in [9.17, 15) is 13.2 Å². The predicted octanol–water partition coefficient (Wildman–Crippen LogP) is 0.665. The number of nitrogens with two attached hydrogens (primary N) is 1. The minimum absolute atomic E-state index is 0.125. The van der Waals surface area contributed by atoms with Crippen molar-refractivity contribution in [1.82, 2.24) is 4.31 Å². The Bertz CT molecular complexity index is 734. The summed E-state index contributed by atoms with van der Waals surface area (Å²) in [5, 5.41) is 0. The number of rotatable bonds is 4. The second-order valence-electron chi connectivity index (χ2n) is 6.10. The van der Waals surface area contributed by atoms with E-state index in [0.29, 0.717) is 30.8 Å². The first kappa shape index (κ1) is 17.2. The monoisotopic (exact) mass is 354 g/mol. The van der Waals surface area contributed by atoms with Gasteiger partial charge in [-0.25, -0.2) is 13.2 Å². The molecule has 132 valence electrons. The van der Waals surface area contributed by atoms with Gasteiger partial charge in [-0.05, 0) is 43.5 Å². The molecule has 2 unspecified atom stereocenters. The number of carbonyl (C=O) groups is 1.